The van der Waals surface area contributed by atoms with E-state index in [0.717, 1.165) is 40.1 Å². The van der Waals surface area contributed by atoms with Gasteiger partial charge in [0.2, 0.25) is 0 Å². The van der Waals surface area contributed by atoms with Crippen LogP contribution >= 0.6 is 0 Å². The molecule has 1 unspecified atom stereocenters. The van der Waals surface area contributed by atoms with E-state index in [9.17, 15) is 13.2 Å². The molecule has 0 bridgehead atoms. The number of alkyl halides is 3. The van der Waals surface area contributed by atoms with Crippen molar-refractivity contribution in [3.8, 4) is 33.5 Å². The average molecular weight is 871 g/mol. The Balaban J connectivity index is 0.000000274. The van der Waals surface area contributed by atoms with E-state index in [1.807, 2.05) is 104 Å². The second kappa shape index (κ2) is 17.1. The van der Waals surface area contributed by atoms with E-state index in [2.05, 4.69) is 72.8 Å². The topological polar surface area (TPSA) is 39.0 Å². The Kier molecular flexibility index (Phi) is 12.7. The number of allylic oxidation sites excluding steroid dienone is 2. The van der Waals surface area contributed by atoms with E-state index >= 15 is 0 Å². The minimum atomic E-state index is -4.53. The fourth-order valence-corrected chi connectivity index (χ4v) is 5.95. The van der Waals surface area contributed by atoms with Gasteiger partial charge in [-0.1, -0.05) is 171 Å². The molecule has 0 radical (unpaired) electrons. The summed E-state index contributed by atoms with van der Waals surface area (Å²) < 4.78 is 42.0. The fraction of sp³-hybridized carbons (Fsp3) is 0.156. The number of halogens is 3. The van der Waals surface area contributed by atoms with Gasteiger partial charge in [0.25, 0.3) is 0 Å². The molecule has 3 nitrogen and oxygen atoms in total. The molecule has 52 heavy (non-hydrogen) atoms. The summed E-state index contributed by atoms with van der Waals surface area (Å²) in [6.45, 7) is 8.42. The molecule has 0 saturated carbocycles. The summed E-state index contributed by atoms with van der Waals surface area (Å²) in [5.74, 6) is 0. The molecular formula is C45H39F3IrN3. The zero-order valence-electron chi connectivity index (χ0n) is 29.2. The van der Waals surface area contributed by atoms with Crippen LogP contribution in [-0.2, 0) is 38.1 Å². The Morgan fingerprint density at radius 1 is 0.750 bits per heavy atom. The number of nitrogens with one attached hydrogen (secondary N) is 1. The molecule has 264 valence electrons. The molecule has 2 heterocycles. The Bertz CT molecular complexity index is 2120. The van der Waals surface area contributed by atoms with Gasteiger partial charge in [-0.25, -0.2) is 0 Å². The first-order valence-corrected chi connectivity index (χ1v) is 16.9. The molecule has 1 aromatic heterocycles. The number of rotatable bonds is 7. The van der Waals surface area contributed by atoms with Crippen molar-refractivity contribution in [1.82, 2.24) is 10.3 Å². The number of hydrogen-bond acceptors (Lipinski definition) is 2. The van der Waals surface area contributed by atoms with E-state index in [1.165, 1.54) is 11.6 Å². The molecule has 0 aliphatic carbocycles. The third kappa shape index (κ3) is 9.74. The van der Waals surface area contributed by atoms with Crippen LogP contribution in [0.15, 0.2) is 152 Å². The van der Waals surface area contributed by atoms with Gasteiger partial charge < -0.3 is 10.6 Å². The van der Waals surface area contributed by atoms with Crippen molar-refractivity contribution in [2.75, 3.05) is 0 Å². The Morgan fingerprint density at radius 3 is 2.04 bits per heavy atom. The van der Waals surface area contributed by atoms with Crippen LogP contribution in [0.25, 0.3) is 49.6 Å². The predicted molar refractivity (Wildman–Crippen MR) is 204 cm³/mol. The van der Waals surface area contributed by atoms with Crippen LogP contribution in [0.3, 0.4) is 0 Å². The number of hydrogen-bond donors (Lipinski definition) is 1. The van der Waals surface area contributed by atoms with Crippen LogP contribution in [0.5, 0.6) is 0 Å². The quantitative estimate of drug-likeness (QED) is 0.162. The summed E-state index contributed by atoms with van der Waals surface area (Å²) >= 11 is 0. The molecule has 7 heteroatoms. The summed E-state index contributed by atoms with van der Waals surface area (Å²) in [7, 11) is 0. The second-order valence-corrected chi connectivity index (χ2v) is 13.3. The largest absolute Gasteiger partial charge is 3.00 e. The van der Waals surface area contributed by atoms with Crippen LogP contribution in [0.2, 0.25) is 0 Å². The van der Waals surface area contributed by atoms with Gasteiger partial charge in [-0.2, -0.15) is 19.4 Å². The monoisotopic (exact) mass is 871 g/mol. The average Bonchev–Trinajstić information content (AvgIpc) is 3.15. The van der Waals surface area contributed by atoms with Crippen molar-refractivity contribution in [3.63, 3.8) is 0 Å². The number of pyridine rings is 1. The Hall–Kier alpha value is -4.81. The van der Waals surface area contributed by atoms with Crippen molar-refractivity contribution in [2.24, 2.45) is 0 Å². The predicted octanol–water partition coefficient (Wildman–Crippen LogP) is 12.1. The van der Waals surface area contributed by atoms with Gasteiger partial charge in [0.1, 0.15) is 0 Å². The molecule has 1 N–H and O–H groups in total. The Labute approximate surface area is 318 Å². The molecule has 0 fully saturated rings. The molecule has 1 aliphatic rings. The maximum Gasteiger partial charge on any atom is 3.00 e. The van der Waals surface area contributed by atoms with Gasteiger partial charge in [-0.3, -0.25) is 11.5 Å². The van der Waals surface area contributed by atoms with Crippen molar-refractivity contribution >= 4 is 10.8 Å². The standard InChI is InChI=1S/C32H25F3N.C13H14N2.Ir/c1-31(2,3)28-18-25(17-24-11-7-8-12-26(24)28)30-19-27(29(20-36-30)32(33,34)35)23-15-13-22(14-16-23)21-9-5-4-6-10-21;1-2-6-12(7-3-1)9-11-15-13-8-4-5-10-14-13;/h4-16,18-20H,1-3H3;1-8,10-11,13,15H,9H2;/q-1;-2;+3. The van der Waals surface area contributed by atoms with E-state index in [0.29, 0.717) is 16.8 Å². The first-order valence-electron chi connectivity index (χ1n) is 16.9. The summed E-state index contributed by atoms with van der Waals surface area (Å²) in [6.07, 6.45) is 5.20. The van der Waals surface area contributed by atoms with Gasteiger partial charge in [0.15, 0.2) is 0 Å². The third-order valence-electron chi connectivity index (χ3n) is 8.58. The molecule has 5 aromatic carbocycles. The maximum atomic E-state index is 14.0. The van der Waals surface area contributed by atoms with Gasteiger partial charge in [0.05, 0.1) is 5.56 Å². The van der Waals surface area contributed by atoms with E-state index in [-0.39, 0.29) is 37.2 Å². The van der Waals surface area contributed by atoms with Crippen molar-refractivity contribution in [2.45, 2.75) is 44.9 Å². The maximum absolute atomic E-state index is 14.0. The minimum absolute atomic E-state index is 0. The van der Waals surface area contributed by atoms with E-state index in [1.54, 1.807) is 12.1 Å². The molecule has 0 amide bonds. The Morgan fingerprint density at radius 2 is 1.38 bits per heavy atom. The van der Waals surface area contributed by atoms with Crippen molar-refractivity contribution < 1.29 is 33.3 Å². The first kappa shape index (κ1) is 38.4. The molecule has 6 aromatic rings. The molecule has 1 aliphatic heterocycles. The third-order valence-corrected chi connectivity index (χ3v) is 8.58. The van der Waals surface area contributed by atoms with E-state index in [4.69, 9.17) is 0 Å². The van der Waals surface area contributed by atoms with Gasteiger partial charge >= 0.3 is 26.3 Å². The fourth-order valence-electron chi connectivity index (χ4n) is 5.95. The smallest absolute Gasteiger partial charge is 0.675 e. The zero-order valence-corrected chi connectivity index (χ0v) is 31.6. The number of benzene rings is 5. The number of aromatic nitrogens is 1. The molecule has 0 spiro atoms. The molecule has 7 rings (SSSR count). The second-order valence-electron chi connectivity index (χ2n) is 13.3. The van der Waals surface area contributed by atoms with Crippen LogP contribution in [0, 0.1) is 12.6 Å². The van der Waals surface area contributed by atoms with Gasteiger partial charge in [-0.15, -0.1) is 35.6 Å². The van der Waals surface area contributed by atoms with Crippen molar-refractivity contribution in [1.29, 1.82) is 0 Å². The summed E-state index contributed by atoms with van der Waals surface area (Å²) in [5.41, 5.74) is 5.17. The zero-order chi connectivity index (χ0) is 35.8. The number of nitrogens with zero attached hydrogens (tertiary/aromatic N) is 2. The molecular weight excluding hydrogens is 832 g/mol. The minimum Gasteiger partial charge on any atom is -0.675 e. The SMILES string of the molecule is C1=C[N-]C(N[CH-]Cc2ccccc2)C=C1.CC(C)(C)c1cc(-c2cc(-c3ccc(-c4ccccc4)cc3)c(C(F)(F)F)cn2)[c-]c2ccccc12.[Ir+3]. The normalized spacial score (nSPS) is 13.8. The summed E-state index contributed by atoms with van der Waals surface area (Å²) in [6, 6.07) is 42.2. The van der Waals surface area contributed by atoms with Crippen LogP contribution in [-0.4, -0.2) is 11.1 Å². The van der Waals surface area contributed by atoms with Crippen LogP contribution in [0.4, 0.5) is 13.2 Å². The van der Waals surface area contributed by atoms with Gasteiger partial charge in [0, 0.05) is 11.9 Å². The summed E-state index contributed by atoms with van der Waals surface area (Å²) in [5, 5.41) is 9.48. The van der Waals surface area contributed by atoms with E-state index < -0.39 is 11.7 Å². The molecule has 1 atom stereocenters. The molecule has 0 saturated heterocycles. The summed E-state index contributed by atoms with van der Waals surface area (Å²) in [4.78, 5) is 4.25. The van der Waals surface area contributed by atoms with Crippen LogP contribution in [0.1, 0.15) is 37.5 Å². The number of fused-ring (bicyclic) bond motifs is 1. The van der Waals surface area contributed by atoms with Crippen molar-refractivity contribution in [3.05, 3.63) is 187 Å². The first-order chi connectivity index (χ1) is 24.6. The van der Waals surface area contributed by atoms with Crippen LogP contribution < -0.4 is 5.32 Å². The van der Waals surface area contributed by atoms with Gasteiger partial charge in [-0.05, 0) is 27.7 Å².